The molecule has 0 radical (unpaired) electrons. The Hall–Kier alpha value is -3.03. The SMILES string of the molecule is FC[C@H](Cc1c[nH]c2ccc(-n3cnnc3)cc12)CN1CCN(Cc2ccccc2)CC1. The van der Waals surface area contributed by atoms with Crippen molar-refractivity contribution in [1.82, 2.24) is 29.5 Å². The normalized spacial score (nSPS) is 16.5. The Labute approximate surface area is 187 Å². The first kappa shape index (κ1) is 20.8. The lowest BCUT2D eigenvalue weighted by Crippen LogP contribution is -2.47. The van der Waals surface area contributed by atoms with Gasteiger partial charge < -0.3 is 9.88 Å². The number of nitrogens with one attached hydrogen (secondary N) is 1. The maximum Gasteiger partial charge on any atom is 0.123 e. The minimum atomic E-state index is -0.304. The van der Waals surface area contributed by atoms with Crippen molar-refractivity contribution in [3.8, 4) is 5.69 Å². The van der Waals surface area contributed by atoms with Crippen LogP contribution in [0.5, 0.6) is 0 Å². The van der Waals surface area contributed by atoms with Crippen molar-refractivity contribution in [1.29, 1.82) is 0 Å². The van der Waals surface area contributed by atoms with Gasteiger partial charge in [-0.05, 0) is 35.7 Å². The monoisotopic (exact) mass is 432 g/mol. The summed E-state index contributed by atoms with van der Waals surface area (Å²) in [6, 6.07) is 16.8. The lowest BCUT2D eigenvalue weighted by atomic mass is 9.98. The van der Waals surface area contributed by atoms with Crippen LogP contribution < -0.4 is 0 Å². The molecule has 6 nitrogen and oxygen atoms in total. The van der Waals surface area contributed by atoms with E-state index in [1.165, 1.54) is 11.1 Å². The molecule has 1 saturated heterocycles. The highest BCUT2D eigenvalue weighted by molar-refractivity contribution is 5.85. The zero-order chi connectivity index (χ0) is 21.8. The number of benzene rings is 2. The Balaban J connectivity index is 1.20. The largest absolute Gasteiger partial charge is 0.361 e. The van der Waals surface area contributed by atoms with E-state index in [0.29, 0.717) is 0 Å². The highest BCUT2D eigenvalue weighted by Gasteiger charge is 2.21. The first-order valence-corrected chi connectivity index (χ1v) is 11.3. The van der Waals surface area contributed by atoms with Crippen molar-refractivity contribution in [3.05, 3.63) is 78.5 Å². The van der Waals surface area contributed by atoms with Crippen molar-refractivity contribution in [2.24, 2.45) is 5.92 Å². The highest BCUT2D eigenvalue weighted by atomic mass is 19.1. The summed E-state index contributed by atoms with van der Waals surface area (Å²) in [6.07, 6.45) is 6.14. The van der Waals surface area contributed by atoms with Crippen molar-refractivity contribution in [2.75, 3.05) is 39.4 Å². The van der Waals surface area contributed by atoms with Crippen LogP contribution in [0.1, 0.15) is 11.1 Å². The number of H-pyrrole nitrogens is 1. The number of hydrogen-bond acceptors (Lipinski definition) is 4. The fourth-order valence-corrected chi connectivity index (χ4v) is 4.65. The number of fused-ring (bicyclic) bond motifs is 1. The van der Waals surface area contributed by atoms with E-state index < -0.39 is 0 Å². The number of aromatic nitrogens is 4. The number of nitrogens with zero attached hydrogens (tertiary/aromatic N) is 5. The lowest BCUT2D eigenvalue weighted by Gasteiger charge is -2.36. The topological polar surface area (TPSA) is 53.0 Å². The molecule has 3 heterocycles. The smallest absolute Gasteiger partial charge is 0.123 e. The summed E-state index contributed by atoms with van der Waals surface area (Å²) in [7, 11) is 0. The van der Waals surface area contributed by atoms with E-state index in [1.54, 1.807) is 12.7 Å². The molecule has 1 atom stereocenters. The average molecular weight is 433 g/mol. The molecule has 2 aromatic carbocycles. The van der Waals surface area contributed by atoms with Gasteiger partial charge in [-0.3, -0.25) is 13.9 Å². The number of aromatic amines is 1. The summed E-state index contributed by atoms with van der Waals surface area (Å²) in [5, 5.41) is 8.92. The van der Waals surface area contributed by atoms with Gasteiger partial charge in [0, 0.05) is 68.0 Å². The summed E-state index contributed by atoms with van der Waals surface area (Å²) < 4.78 is 15.9. The van der Waals surface area contributed by atoms with Gasteiger partial charge in [0.2, 0.25) is 0 Å². The molecule has 1 aliphatic rings. The molecule has 0 saturated carbocycles. The van der Waals surface area contributed by atoms with E-state index in [-0.39, 0.29) is 12.6 Å². The van der Waals surface area contributed by atoms with Crippen molar-refractivity contribution < 1.29 is 4.39 Å². The molecule has 4 aromatic rings. The highest BCUT2D eigenvalue weighted by Crippen LogP contribution is 2.25. The van der Waals surface area contributed by atoms with Crippen molar-refractivity contribution in [3.63, 3.8) is 0 Å². The van der Waals surface area contributed by atoms with Gasteiger partial charge in [0.1, 0.15) is 12.7 Å². The molecule has 7 heteroatoms. The summed E-state index contributed by atoms with van der Waals surface area (Å²) >= 11 is 0. The Bertz CT molecular complexity index is 1120. The maximum absolute atomic E-state index is 14.0. The maximum atomic E-state index is 14.0. The molecule has 32 heavy (non-hydrogen) atoms. The molecule has 2 aromatic heterocycles. The molecule has 0 bridgehead atoms. The molecule has 0 amide bonds. The lowest BCUT2D eigenvalue weighted by molar-refractivity contribution is 0.107. The van der Waals surface area contributed by atoms with Gasteiger partial charge >= 0.3 is 0 Å². The Morgan fingerprint density at radius 2 is 1.69 bits per heavy atom. The second-order valence-electron chi connectivity index (χ2n) is 8.70. The van der Waals surface area contributed by atoms with Crippen LogP contribution in [-0.4, -0.2) is 68.9 Å². The van der Waals surface area contributed by atoms with E-state index in [9.17, 15) is 4.39 Å². The summed E-state index contributed by atoms with van der Waals surface area (Å²) in [6.45, 7) is 5.54. The second-order valence-corrected chi connectivity index (χ2v) is 8.70. The van der Waals surface area contributed by atoms with E-state index in [1.807, 2.05) is 16.8 Å². The van der Waals surface area contributed by atoms with Gasteiger partial charge in [0.15, 0.2) is 0 Å². The fourth-order valence-electron chi connectivity index (χ4n) is 4.65. The molecular weight excluding hydrogens is 403 g/mol. The zero-order valence-corrected chi connectivity index (χ0v) is 18.2. The third kappa shape index (κ3) is 4.74. The average Bonchev–Trinajstić information content (AvgIpc) is 3.51. The minimum absolute atomic E-state index is 0.00626. The second kappa shape index (κ2) is 9.63. The molecule has 0 unspecified atom stereocenters. The molecule has 1 aliphatic heterocycles. The van der Waals surface area contributed by atoms with E-state index in [4.69, 9.17) is 0 Å². The minimum Gasteiger partial charge on any atom is -0.361 e. The predicted octanol–water partition coefficient (Wildman–Crippen LogP) is 3.69. The molecule has 1 N–H and O–H groups in total. The van der Waals surface area contributed by atoms with Crippen LogP contribution in [0.2, 0.25) is 0 Å². The molecule has 0 aliphatic carbocycles. The van der Waals surface area contributed by atoms with Crippen molar-refractivity contribution >= 4 is 10.9 Å². The van der Waals surface area contributed by atoms with Gasteiger partial charge in [-0.15, -0.1) is 10.2 Å². The van der Waals surface area contributed by atoms with Crippen LogP contribution in [0, 0.1) is 5.92 Å². The number of halogens is 1. The first-order valence-electron chi connectivity index (χ1n) is 11.3. The van der Waals surface area contributed by atoms with Crippen molar-refractivity contribution in [2.45, 2.75) is 13.0 Å². The summed E-state index contributed by atoms with van der Waals surface area (Å²) in [4.78, 5) is 8.25. The van der Waals surface area contributed by atoms with E-state index in [0.717, 1.165) is 62.3 Å². The summed E-state index contributed by atoms with van der Waals surface area (Å²) in [5.74, 6) is -0.00626. The van der Waals surface area contributed by atoms with E-state index >= 15 is 0 Å². The van der Waals surface area contributed by atoms with Crippen LogP contribution in [0.15, 0.2) is 67.4 Å². The quantitative estimate of drug-likeness (QED) is 0.461. The Morgan fingerprint density at radius 3 is 2.44 bits per heavy atom. The van der Waals surface area contributed by atoms with Gasteiger partial charge in [0.05, 0.1) is 6.67 Å². The Kier molecular flexibility index (Phi) is 6.27. The molecule has 0 spiro atoms. The van der Waals surface area contributed by atoms with Crippen LogP contribution in [0.4, 0.5) is 4.39 Å². The summed E-state index contributed by atoms with van der Waals surface area (Å²) in [5.41, 5.74) is 4.60. The zero-order valence-electron chi connectivity index (χ0n) is 18.2. The third-order valence-corrected chi connectivity index (χ3v) is 6.43. The molecular formula is C25H29FN6. The number of rotatable bonds is 8. The van der Waals surface area contributed by atoms with Crippen LogP contribution in [0.3, 0.4) is 0 Å². The van der Waals surface area contributed by atoms with Crippen LogP contribution in [0.25, 0.3) is 16.6 Å². The predicted molar refractivity (Wildman–Crippen MR) is 125 cm³/mol. The standard InChI is InChI=1S/C25H29FN6/c26-14-21(17-31-10-8-30(9-11-31)16-20-4-2-1-3-5-20)12-22-15-27-25-7-6-23(13-24(22)25)32-18-28-29-19-32/h1-7,13,15,18-19,21,27H,8-12,14,16-17H2/t21-/m0/s1. The van der Waals surface area contributed by atoms with Gasteiger partial charge in [-0.25, -0.2) is 0 Å². The molecule has 166 valence electrons. The third-order valence-electron chi connectivity index (χ3n) is 6.43. The number of hydrogen-bond donors (Lipinski definition) is 1. The molecule has 1 fully saturated rings. The Morgan fingerprint density at radius 1 is 0.938 bits per heavy atom. The number of alkyl halides is 1. The molecule has 5 rings (SSSR count). The van der Waals surface area contributed by atoms with Crippen LogP contribution >= 0.6 is 0 Å². The van der Waals surface area contributed by atoms with Gasteiger partial charge in [-0.2, -0.15) is 0 Å². The van der Waals surface area contributed by atoms with Crippen LogP contribution in [-0.2, 0) is 13.0 Å². The fraction of sp³-hybridized carbons (Fsp3) is 0.360. The van der Waals surface area contributed by atoms with Gasteiger partial charge in [-0.1, -0.05) is 30.3 Å². The van der Waals surface area contributed by atoms with Gasteiger partial charge in [0.25, 0.3) is 0 Å². The number of piperazine rings is 1. The van der Waals surface area contributed by atoms with E-state index in [2.05, 4.69) is 67.4 Å². The first-order chi connectivity index (χ1) is 15.8.